The first-order valence-electron chi connectivity index (χ1n) is 11.1. The van der Waals surface area contributed by atoms with Gasteiger partial charge >= 0.3 is 0 Å². The van der Waals surface area contributed by atoms with Crippen LogP contribution in [-0.2, 0) is 11.8 Å². The summed E-state index contributed by atoms with van der Waals surface area (Å²) in [5.41, 5.74) is 8.35. The fraction of sp³-hybridized carbons (Fsp3) is 0.292. The Kier molecular flexibility index (Phi) is 5.48. The van der Waals surface area contributed by atoms with Gasteiger partial charge in [0.05, 0.1) is 40.7 Å². The topological polar surface area (TPSA) is 132 Å². The molecule has 174 valence electrons. The number of aromatic nitrogens is 4. The standard InChI is InChI=1S/C24H25N7O3/c1-14-21-17(11-18(19-6-4-10-34-19)28-23(21)30(2)29-14)24(33)27-16-7-8-20(26-12-16)31-9-3-5-15(13-31)22(25)32/h4,6-8,10-12,15H,3,5,9,13H2,1-2H3,(H2,25,32)(H,27,33)/t15-/m1/s1. The van der Waals surface area contributed by atoms with Crippen molar-refractivity contribution < 1.29 is 14.0 Å². The Hall–Kier alpha value is -4.21. The lowest BCUT2D eigenvalue weighted by Crippen LogP contribution is -2.41. The number of amides is 2. The van der Waals surface area contributed by atoms with Crippen LogP contribution in [0.2, 0.25) is 0 Å². The summed E-state index contributed by atoms with van der Waals surface area (Å²) in [4.78, 5) is 36.1. The van der Waals surface area contributed by atoms with Crippen LogP contribution in [0.15, 0.2) is 47.2 Å². The number of furan rings is 1. The zero-order valence-corrected chi connectivity index (χ0v) is 19.0. The molecule has 2 amide bonds. The molecular formula is C24H25N7O3. The number of carbonyl (C=O) groups is 2. The normalized spacial score (nSPS) is 16.1. The van der Waals surface area contributed by atoms with Gasteiger partial charge in [-0.3, -0.25) is 14.3 Å². The number of primary amides is 1. The predicted octanol–water partition coefficient (Wildman–Crippen LogP) is 2.89. The van der Waals surface area contributed by atoms with Gasteiger partial charge in [-0.1, -0.05) is 0 Å². The molecule has 10 heteroatoms. The smallest absolute Gasteiger partial charge is 0.256 e. The fourth-order valence-corrected chi connectivity index (χ4v) is 4.44. The first-order chi connectivity index (χ1) is 16.4. The Morgan fingerprint density at radius 3 is 2.82 bits per heavy atom. The van der Waals surface area contributed by atoms with Gasteiger partial charge in [0, 0.05) is 20.1 Å². The number of piperidine rings is 1. The lowest BCUT2D eigenvalue weighted by molar-refractivity contribution is -0.122. The number of nitrogens with zero attached hydrogens (tertiary/aromatic N) is 5. The van der Waals surface area contributed by atoms with Crippen LogP contribution in [0, 0.1) is 12.8 Å². The van der Waals surface area contributed by atoms with Crippen LogP contribution in [0.5, 0.6) is 0 Å². The van der Waals surface area contributed by atoms with E-state index in [1.54, 1.807) is 48.5 Å². The van der Waals surface area contributed by atoms with Gasteiger partial charge in [0.1, 0.15) is 11.5 Å². The van der Waals surface area contributed by atoms with E-state index in [0.717, 1.165) is 25.2 Å². The number of nitrogens with one attached hydrogen (secondary N) is 1. The third kappa shape index (κ3) is 3.98. The van der Waals surface area contributed by atoms with Gasteiger partial charge in [0.15, 0.2) is 11.4 Å². The predicted molar refractivity (Wildman–Crippen MR) is 127 cm³/mol. The van der Waals surface area contributed by atoms with Crippen LogP contribution >= 0.6 is 0 Å². The van der Waals surface area contributed by atoms with Gasteiger partial charge in [0.25, 0.3) is 5.91 Å². The van der Waals surface area contributed by atoms with Crippen LogP contribution in [0.4, 0.5) is 11.5 Å². The van der Waals surface area contributed by atoms with E-state index in [-0.39, 0.29) is 17.7 Å². The number of aryl methyl sites for hydroxylation is 2. The van der Waals surface area contributed by atoms with Crippen molar-refractivity contribution in [3.63, 3.8) is 0 Å². The van der Waals surface area contributed by atoms with Crippen LogP contribution in [0.25, 0.3) is 22.5 Å². The summed E-state index contributed by atoms with van der Waals surface area (Å²) in [5.74, 6) is 0.569. The lowest BCUT2D eigenvalue weighted by Gasteiger charge is -2.32. The minimum absolute atomic E-state index is 0.171. The Bertz CT molecular complexity index is 1360. The molecule has 5 rings (SSSR count). The molecule has 0 bridgehead atoms. The van der Waals surface area contributed by atoms with Gasteiger partial charge < -0.3 is 20.4 Å². The molecule has 1 aliphatic heterocycles. The van der Waals surface area contributed by atoms with E-state index in [1.807, 2.05) is 17.9 Å². The Morgan fingerprint density at radius 1 is 1.26 bits per heavy atom. The zero-order valence-electron chi connectivity index (χ0n) is 19.0. The third-order valence-corrected chi connectivity index (χ3v) is 6.14. The Morgan fingerprint density at radius 2 is 2.12 bits per heavy atom. The first kappa shape index (κ1) is 21.6. The molecule has 0 spiro atoms. The van der Waals surface area contributed by atoms with E-state index >= 15 is 0 Å². The van der Waals surface area contributed by atoms with Crippen molar-refractivity contribution in [1.82, 2.24) is 19.7 Å². The van der Waals surface area contributed by atoms with Crippen molar-refractivity contribution in [1.29, 1.82) is 0 Å². The number of nitrogens with two attached hydrogens (primary N) is 1. The summed E-state index contributed by atoms with van der Waals surface area (Å²) in [6.45, 7) is 3.22. The summed E-state index contributed by atoms with van der Waals surface area (Å²) in [7, 11) is 1.79. The SMILES string of the molecule is Cc1nn(C)c2nc(-c3ccco3)cc(C(=O)Nc3ccc(N4CCC[C@@H](C(N)=O)C4)nc3)c12. The summed E-state index contributed by atoms with van der Waals surface area (Å²) in [6.07, 6.45) is 4.86. The number of carbonyl (C=O) groups excluding carboxylic acids is 2. The van der Waals surface area contributed by atoms with Gasteiger partial charge in [-0.15, -0.1) is 0 Å². The molecule has 4 aromatic rings. The number of pyridine rings is 2. The monoisotopic (exact) mass is 459 g/mol. The first-order valence-corrected chi connectivity index (χ1v) is 11.1. The molecule has 0 aliphatic carbocycles. The van der Waals surface area contributed by atoms with Crippen molar-refractivity contribution in [2.45, 2.75) is 19.8 Å². The van der Waals surface area contributed by atoms with Crippen LogP contribution in [-0.4, -0.2) is 44.7 Å². The van der Waals surface area contributed by atoms with E-state index in [2.05, 4.69) is 20.4 Å². The molecule has 1 saturated heterocycles. The van der Waals surface area contributed by atoms with Crippen molar-refractivity contribution >= 4 is 34.4 Å². The maximum atomic E-state index is 13.3. The van der Waals surface area contributed by atoms with E-state index in [9.17, 15) is 9.59 Å². The third-order valence-electron chi connectivity index (χ3n) is 6.14. The second kappa shape index (κ2) is 8.62. The molecule has 1 aliphatic rings. The summed E-state index contributed by atoms with van der Waals surface area (Å²) in [6, 6.07) is 8.92. The van der Waals surface area contributed by atoms with E-state index < -0.39 is 0 Å². The molecule has 5 heterocycles. The molecule has 1 fully saturated rings. The molecule has 34 heavy (non-hydrogen) atoms. The molecule has 0 unspecified atom stereocenters. The molecule has 10 nitrogen and oxygen atoms in total. The minimum Gasteiger partial charge on any atom is -0.463 e. The average molecular weight is 460 g/mol. The zero-order chi connectivity index (χ0) is 23.8. The van der Waals surface area contributed by atoms with Gasteiger partial charge in [-0.25, -0.2) is 9.97 Å². The van der Waals surface area contributed by atoms with Crippen molar-refractivity contribution in [3.8, 4) is 11.5 Å². The largest absolute Gasteiger partial charge is 0.463 e. The van der Waals surface area contributed by atoms with Crippen LogP contribution < -0.4 is 16.0 Å². The second-order valence-corrected chi connectivity index (χ2v) is 8.49. The van der Waals surface area contributed by atoms with Crippen LogP contribution in [0.3, 0.4) is 0 Å². The van der Waals surface area contributed by atoms with Gasteiger partial charge in [-0.2, -0.15) is 5.10 Å². The van der Waals surface area contributed by atoms with E-state index in [0.29, 0.717) is 46.0 Å². The number of rotatable bonds is 5. The highest BCUT2D eigenvalue weighted by Crippen LogP contribution is 2.28. The van der Waals surface area contributed by atoms with Crippen LogP contribution in [0.1, 0.15) is 28.9 Å². The minimum atomic E-state index is -0.294. The molecule has 0 saturated carbocycles. The van der Waals surface area contributed by atoms with E-state index in [1.165, 1.54) is 0 Å². The van der Waals surface area contributed by atoms with Gasteiger partial charge in [0.2, 0.25) is 5.91 Å². The Balaban J connectivity index is 1.41. The van der Waals surface area contributed by atoms with E-state index in [4.69, 9.17) is 10.2 Å². The maximum absolute atomic E-state index is 13.3. The second-order valence-electron chi connectivity index (χ2n) is 8.49. The maximum Gasteiger partial charge on any atom is 0.256 e. The van der Waals surface area contributed by atoms with Crippen molar-refractivity contribution in [3.05, 3.63) is 54.0 Å². The summed E-state index contributed by atoms with van der Waals surface area (Å²) in [5, 5.41) is 8.05. The summed E-state index contributed by atoms with van der Waals surface area (Å²) < 4.78 is 7.15. The Labute approximate surface area is 195 Å². The quantitative estimate of drug-likeness (QED) is 0.469. The number of anilines is 2. The molecule has 0 radical (unpaired) electrons. The number of hydrogen-bond donors (Lipinski definition) is 2. The molecule has 0 aromatic carbocycles. The average Bonchev–Trinajstić information content (AvgIpc) is 3.47. The lowest BCUT2D eigenvalue weighted by atomic mass is 9.97. The highest BCUT2D eigenvalue weighted by Gasteiger charge is 2.25. The highest BCUT2D eigenvalue weighted by atomic mass is 16.3. The molecule has 3 N–H and O–H groups in total. The molecular weight excluding hydrogens is 434 g/mol. The summed E-state index contributed by atoms with van der Waals surface area (Å²) >= 11 is 0. The van der Waals surface area contributed by atoms with Crippen molar-refractivity contribution in [2.24, 2.45) is 18.7 Å². The molecule has 4 aromatic heterocycles. The fourth-order valence-electron chi connectivity index (χ4n) is 4.44. The van der Waals surface area contributed by atoms with Crippen molar-refractivity contribution in [2.75, 3.05) is 23.3 Å². The van der Waals surface area contributed by atoms with Gasteiger partial charge in [-0.05, 0) is 50.1 Å². The molecule has 1 atom stereocenters. The number of fused-ring (bicyclic) bond motifs is 1. The number of hydrogen-bond acceptors (Lipinski definition) is 7. The highest BCUT2D eigenvalue weighted by molar-refractivity contribution is 6.13.